The number of epoxide rings is 1. The van der Waals surface area contributed by atoms with E-state index in [9.17, 15) is 4.79 Å². The third-order valence-corrected chi connectivity index (χ3v) is 10.1. The van der Waals surface area contributed by atoms with Crippen LogP contribution < -0.4 is 0 Å². The largest absolute Gasteiger partial charge is 0.462 e. The van der Waals surface area contributed by atoms with Gasteiger partial charge in [0.1, 0.15) is 11.7 Å². The molecule has 0 aromatic carbocycles. The van der Waals surface area contributed by atoms with Crippen molar-refractivity contribution < 1.29 is 14.3 Å². The Labute approximate surface area is 181 Å². The Hall–Kier alpha value is -0.650. The van der Waals surface area contributed by atoms with Crippen LogP contribution in [0.1, 0.15) is 71.6 Å². The first kappa shape index (κ1) is 20.0. The van der Waals surface area contributed by atoms with Crippen LogP contribution in [0.4, 0.5) is 0 Å². The normalized spacial score (nSPS) is 49.8. The number of hydrogen-bond acceptors (Lipinski definition) is 5. The van der Waals surface area contributed by atoms with Crippen LogP contribution in [-0.4, -0.2) is 72.3 Å². The van der Waals surface area contributed by atoms with E-state index >= 15 is 0 Å². The molecule has 4 aliphatic heterocycles. The summed E-state index contributed by atoms with van der Waals surface area (Å²) in [4.78, 5) is 18.3. The van der Waals surface area contributed by atoms with Crippen LogP contribution >= 0.6 is 0 Å². The van der Waals surface area contributed by atoms with Gasteiger partial charge in [-0.25, -0.2) is 0 Å². The molecule has 6 aliphatic rings. The van der Waals surface area contributed by atoms with E-state index in [-0.39, 0.29) is 41.0 Å². The van der Waals surface area contributed by atoms with Crippen molar-refractivity contribution in [2.24, 2.45) is 23.2 Å². The SMILES string of the molecule is CC1CCC[C@]2(C)C[C@H]3OC(=O)C(CN4CCC(N5CCCCC5)CC4)[C@H]3C3OC132. The molecule has 2 saturated carbocycles. The van der Waals surface area contributed by atoms with E-state index < -0.39 is 0 Å². The second kappa shape index (κ2) is 7.18. The van der Waals surface area contributed by atoms with E-state index in [1.807, 2.05) is 0 Å². The van der Waals surface area contributed by atoms with Crippen LogP contribution in [0.3, 0.4) is 0 Å². The summed E-state index contributed by atoms with van der Waals surface area (Å²) in [6, 6.07) is 0.762. The molecule has 6 rings (SSSR count). The first-order valence-corrected chi connectivity index (χ1v) is 12.9. The van der Waals surface area contributed by atoms with Gasteiger partial charge in [-0.15, -0.1) is 0 Å². The highest BCUT2D eigenvalue weighted by molar-refractivity contribution is 5.76. The second-order valence-corrected chi connectivity index (χ2v) is 11.7. The average Bonchev–Trinajstić information content (AvgIpc) is 3.44. The molecule has 168 valence electrons. The molecule has 0 radical (unpaired) electrons. The summed E-state index contributed by atoms with van der Waals surface area (Å²) < 4.78 is 12.6. The van der Waals surface area contributed by atoms with Crippen LogP contribution in [0.2, 0.25) is 0 Å². The molecule has 0 N–H and O–H groups in total. The third-order valence-electron chi connectivity index (χ3n) is 10.1. The summed E-state index contributed by atoms with van der Waals surface area (Å²) in [6.45, 7) is 10.5. The quantitative estimate of drug-likeness (QED) is 0.521. The van der Waals surface area contributed by atoms with Crippen molar-refractivity contribution >= 4 is 5.97 Å². The van der Waals surface area contributed by atoms with E-state index in [0.29, 0.717) is 5.92 Å². The highest BCUT2D eigenvalue weighted by Gasteiger charge is 2.78. The molecule has 2 aliphatic carbocycles. The van der Waals surface area contributed by atoms with Crippen molar-refractivity contribution in [3.8, 4) is 0 Å². The number of carbonyl (C=O) groups is 1. The van der Waals surface area contributed by atoms with Crippen molar-refractivity contribution in [2.45, 2.75) is 95.5 Å². The Bertz CT molecular complexity index is 686. The van der Waals surface area contributed by atoms with Crippen molar-refractivity contribution in [1.82, 2.24) is 9.80 Å². The van der Waals surface area contributed by atoms with Crippen molar-refractivity contribution in [3.63, 3.8) is 0 Å². The van der Waals surface area contributed by atoms with E-state index in [1.54, 1.807) is 0 Å². The fourth-order valence-electron chi connectivity index (χ4n) is 8.47. The lowest BCUT2D eigenvalue weighted by Gasteiger charge is -2.49. The van der Waals surface area contributed by atoms with Crippen LogP contribution in [-0.2, 0) is 14.3 Å². The van der Waals surface area contributed by atoms with Gasteiger partial charge in [-0.1, -0.05) is 26.7 Å². The van der Waals surface area contributed by atoms with Crippen molar-refractivity contribution in [3.05, 3.63) is 0 Å². The standard InChI is InChI=1S/C25H40N2O3/c1-17-7-6-10-24(2)15-20-21(22-25(17,24)30-22)19(23(28)29-20)16-26-13-8-18(9-14-26)27-11-4-3-5-12-27/h17-22H,3-16H2,1-2H3/t17?,19?,20-,21-,22?,24-,25?/m1/s1. The average molecular weight is 417 g/mol. The number of fused-ring (bicyclic) bond motifs is 2. The van der Waals surface area contributed by atoms with Crippen LogP contribution in [0.5, 0.6) is 0 Å². The molecule has 0 aromatic heterocycles. The Morgan fingerprint density at radius 1 is 1.03 bits per heavy atom. The fourth-order valence-corrected chi connectivity index (χ4v) is 8.47. The number of likely N-dealkylation sites (tertiary alicyclic amines) is 2. The van der Waals surface area contributed by atoms with Gasteiger partial charge in [-0.05, 0) is 77.0 Å². The Morgan fingerprint density at radius 3 is 2.57 bits per heavy atom. The molecule has 6 fully saturated rings. The van der Waals surface area contributed by atoms with E-state index in [1.165, 1.54) is 64.5 Å². The summed E-state index contributed by atoms with van der Waals surface area (Å²) in [5.74, 6) is 0.970. The predicted octanol–water partition coefficient (Wildman–Crippen LogP) is 3.46. The zero-order chi connectivity index (χ0) is 20.5. The summed E-state index contributed by atoms with van der Waals surface area (Å²) in [5.41, 5.74) is 0.221. The van der Waals surface area contributed by atoms with Gasteiger partial charge in [0.2, 0.25) is 0 Å². The molecule has 5 heteroatoms. The lowest BCUT2D eigenvalue weighted by molar-refractivity contribution is -0.146. The van der Waals surface area contributed by atoms with E-state index in [0.717, 1.165) is 32.1 Å². The molecular weight excluding hydrogens is 376 g/mol. The first-order valence-electron chi connectivity index (χ1n) is 12.9. The van der Waals surface area contributed by atoms with Gasteiger partial charge in [0.15, 0.2) is 0 Å². The summed E-state index contributed by atoms with van der Waals surface area (Å²) in [7, 11) is 0. The maximum Gasteiger partial charge on any atom is 0.311 e. The minimum atomic E-state index is 0.0181. The lowest BCUT2D eigenvalue weighted by Crippen LogP contribution is -2.55. The maximum absolute atomic E-state index is 13.0. The molecule has 4 unspecified atom stereocenters. The number of carbonyl (C=O) groups excluding carboxylic acids is 1. The highest BCUT2D eigenvalue weighted by atomic mass is 16.6. The minimum absolute atomic E-state index is 0.0181. The number of hydrogen-bond donors (Lipinski definition) is 0. The molecule has 5 nitrogen and oxygen atoms in total. The summed E-state index contributed by atoms with van der Waals surface area (Å²) >= 11 is 0. The number of rotatable bonds is 3. The third kappa shape index (κ3) is 2.87. The Balaban J connectivity index is 1.12. The minimum Gasteiger partial charge on any atom is -0.462 e. The number of ether oxygens (including phenoxy) is 2. The maximum atomic E-state index is 13.0. The van der Waals surface area contributed by atoms with Crippen LogP contribution in [0.15, 0.2) is 0 Å². The van der Waals surface area contributed by atoms with E-state index in [2.05, 4.69) is 23.6 Å². The van der Waals surface area contributed by atoms with Crippen LogP contribution in [0.25, 0.3) is 0 Å². The summed E-state index contributed by atoms with van der Waals surface area (Å²) in [5, 5.41) is 0. The van der Waals surface area contributed by atoms with E-state index in [4.69, 9.17) is 9.47 Å². The number of piperidine rings is 2. The smallest absolute Gasteiger partial charge is 0.311 e. The number of nitrogens with zero attached hydrogens (tertiary/aromatic N) is 2. The molecule has 4 heterocycles. The van der Waals surface area contributed by atoms with Gasteiger partial charge in [-0.3, -0.25) is 4.79 Å². The predicted molar refractivity (Wildman–Crippen MR) is 115 cm³/mol. The van der Waals surface area contributed by atoms with Gasteiger partial charge in [0.25, 0.3) is 0 Å². The van der Waals surface area contributed by atoms with Gasteiger partial charge < -0.3 is 19.3 Å². The molecule has 7 atom stereocenters. The molecule has 0 amide bonds. The van der Waals surface area contributed by atoms with Crippen molar-refractivity contribution in [2.75, 3.05) is 32.7 Å². The Kier molecular flexibility index (Phi) is 4.78. The van der Waals surface area contributed by atoms with Gasteiger partial charge in [-0.2, -0.15) is 0 Å². The zero-order valence-corrected chi connectivity index (χ0v) is 19.0. The van der Waals surface area contributed by atoms with Gasteiger partial charge >= 0.3 is 5.97 Å². The molecule has 0 bridgehead atoms. The number of esters is 1. The molecule has 30 heavy (non-hydrogen) atoms. The summed E-state index contributed by atoms with van der Waals surface area (Å²) in [6.07, 6.45) is 11.8. The van der Waals surface area contributed by atoms with Gasteiger partial charge in [0, 0.05) is 23.9 Å². The molecular formula is C25H40N2O3. The molecule has 1 spiro atoms. The Morgan fingerprint density at radius 2 is 1.80 bits per heavy atom. The first-order chi connectivity index (χ1) is 14.5. The van der Waals surface area contributed by atoms with Crippen LogP contribution in [0, 0.1) is 23.2 Å². The lowest BCUT2D eigenvalue weighted by atomic mass is 9.53. The zero-order valence-electron chi connectivity index (χ0n) is 19.0. The second-order valence-electron chi connectivity index (χ2n) is 11.7. The fraction of sp³-hybridized carbons (Fsp3) is 0.960. The molecule has 0 aromatic rings. The highest BCUT2D eigenvalue weighted by Crippen LogP contribution is 2.70. The molecule has 4 saturated heterocycles. The van der Waals surface area contributed by atoms with Crippen molar-refractivity contribution in [1.29, 1.82) is 0 Å². The topological polar surface area (TPSA) is 45.3 Å². The monoisotopic (exact) mass is 416 g/mol. The van der Waals surface area contributed by atoms with Gasteiger partial charge in [0.05, 0.1) is 12.0 Å².